The largest absolute Gasteiger partial charge is 0.467 e. The quantitative estimate of drug-likeness (QED) is 0.842. The molecule has 4 heterocycles. The van der Waals surface area contributed by atoms with E-state index in [2.05, 4.69) is 26.3 Å². The Morgan fingerprint density at radius 2 is 2.07 bits per heavy atom. The Hall–Kier alpha value is -2.41. The van der Waals surface area contributed by atoms with Crippen LogP contribution in [-0.2, 0) is 6.54 Å². The van der Waals surface area contributed by atoms with Crippen LogP contribution in [0.4, 0.5) is 15.9 Å². The summed E-state index contributed by atoms with van der Waals surface area (Å²) in [5.74, 6) is 1.41. The van der Waals surface area contributed by atoms with Crippen LogP contribution >= 0.6 is 0 Å². The zero-order valence-electron chi connectivity index (χ0n) is 15.8. The number of rotatable bonds is 5. The number of nitrogens with two attached hydrogens (primary N) is 1. The lowest BCUT2D eigenvalue weighted by molar-refractivity contribution is 0.0870. The van der Waals surface area contributed by atoms with Gasteiger partial charge in [-0.25, -0.2) is 4.39 Å². The summed E-state index contributed by atoms with van der Waals surface area (Å²) >= 11 is 0. The molecule has 3 N–H and O–H groups in total. The molecule has 1 atom stereocenters. The summed E-state index contributed by atoms with van der Waals surface area (Å²) in [6.45, 7) is 5.52. The van der Waals surface area contributed by atoms with Crippen molar-refractivity contribution in [2.75, 3.05) is 37.8 Å². The molecule has 0 radical (unpaired) electrons. The molecule has 5 rings (SSSR count). The molecule has 144 valence electrons. The summed E-state index contributed by atoms with van der Waals surface area (Å²) in [6.07, 6.45) is 2.45. The van der Waals surface area contributed by atoms with E-state index in [4.69, 9.17) is 10.5 Å². The fourth-order valence-electron chi connectivity index (χ4n) is 4.24. The topological polar surface area (TPSA) is 76.3 Å². The third-order valence-corrected chi connectivity index (χ3v) is 5.91. The lowest BCUT2D eigenvalue weighted by Crippen LogP contribution is -2.46. The van der Waals surface area contributed by atoms with E-state index in [1.165, 1.54) is 33.0 Å². The van der Waals surface area contributed by atoms with E-state index in [0.29, 0.717) is 41.1 Å². The number of nitrogen functional groups attached to an aromatic ring is 1. The Morgan fingerprint density at radius 3 is 2.70 bits per heavy atom. The first kappa shape index (κ1) is 18.0. The minimum Gasteiger partial charge on any atom is -0.467 e. The standard InChI is InChI=1S/C20H26FN5O/c1-12-18(22)19(25-20(24-12)27-2)23-10-15-4-3-14(9-17(15)21)16-11-26-7-5-13(16)6-8-26/h3-4,9,13,16H,5-8,10-11,22H2,1-2H3,(H,23,24,25). The molecule has 3 aliphatic rings. The molecule has 1 unspecified atom stereocenters. The predicted octanol–water partition coefficient (Wildman–Crippen LogP) is 2.94. The number of piperidine rings is 3. The number of benzene rings is 1. The Kier molecular flexibility index (Phi) is 4.86. The molecule has 1 aromatic heterocycles. The van der Waals surface area contributed by atoms with E-state index in [-0.39, 0.29) is 11.8 Å². The highest BCUT2D eigenvalue weighted by molar-refractivity contribution is 5.64. The van der Waals surface area contributed by atoms with Crippen molar-refractivity contribution in [1.29, 1.82) is 0 Å². The number of halogens is 1. The van der Waals surface area contributed by atoms with Crippen molar-refractivity contribution in [2.45, 2.75) is 32.2 Å². The second-order valence-corrected chi connectivity index (χ2v) is 7.51. The zero-order chi connectivity index (χ0) is 19.0. The maximum Gasteiger partial charge on any atom is 0.318 e. The lowest BCUT2D eigenvalue weighted by Gasteiger charge is -2.45. The highest BCUT2D eigenvalue weighted by Gasteiger charge is 2.35. The van der Waals surface area contributed by atoms with Crippen molar-refractivity contribution in [3.05, 3.63) is 40.8 Å². The molecule has 2 bridgehead atoms. The number of nitrogens with one attached hydrogen (secondary N) is 1. The molecule has 3 fully saturated rings. The Balaban J connectivity index is 1.48. The van der Waals surface area contributed by atoms with Gasteiger partial charge in [0.15, 0.2) is 5.82 Å². The zero-order valence-corrected chi connectivity index (χ0v) is 15.8. The van der Waals surface area contributed by atoms with Crippen molar-refractivity contribution in [2.24, 2.45) is 5.92 Å². The van der Waals surface area contributed by atoms with Crippen molar-refractivity contribution in [3.63, 3.8) is 0 Å². The molecule has 0 amide bonds. The van der Waals surface area contributed by atoms with Gasteiger partial charge >= 0.3 is 6.01 Å². The van der Waals surface area contributed by atoms with Gasteiger partial charge in [-0.15, -0.1) is 0 Å². The molecule has 2 aromatic rings. The molecular formula is C20H26FN5O. The molecule has 0 aliphatic carbocycles. The molecule has 7 heteroatoms. The summed E-state index contributed by atoms with van der Waals surface area (Å²) in [4.78, 5) is 10.8. The van der Waals surface area contributed by atoms with Gasteiger partial charge in [0, 0.05) is 18.7 Å². The van der Waals surface area contributed by atoms with Crippen LogP contribution in [0.25, 0.3) is 0 Å². The van der Waals surface area contributed by atoms with Crippen LogP contribution in [0.2, 0.25) is 0 Å². The molecule has 1 aromatic carbocycles. The Bertz CT molecular complexity index is 835. The maximum absolute atomic E-state index is 14.7. The monoisotopic (exact) mass is 371 g/mol. The van der Waals surface area contributed by atoms with Gasteiger partial charge in [0.05, 0.1) is 18.5 Å². The average Bonchev–Trinajstić information content (AvgIpc) is 2.70. The average molecular weight is 371 g/mol. The van der Waals surface area contributed by atoms with Gasteiger partial charge in [-0.3, -0.25) is 0 Å². The van der Waals surface area contributed by atoms with Crippen LogP contribution in [0.3, 0.4) is 0 Å². The van der Waals surface area contributed by atoms with Gasteiger partial charge in [0.25, 0.3) is 0 Å². The Morgan fingerprint density at radius 1 is 1.30 bits per heavy atom. The second kappa shape index (κ2) is 7.31. The first-order valence-electron chi connectivity index (χ1n) is 9.48. The van der Waals surface area contributed by atoms with Gasteiger partial charge in [-0.1, -0.05) is 12.1 Å². The SMILES string of the molecule is COc1nc(C)c(N)c(NCc2ccc(C3CN4CCC3CC4)cc2F)n1. The number of aryl methyl sites for hydroxylation is 1. The third kappa shape index (κ3) is 3.56. The van der Waals surface area contributed by atoms with Crippen LogP contribution in [0, 0.1) is 18.7 Å². The van der Waals surface area contributed by atoms with Crippen LogP contribution in [0.15, 0.2) is 18.2 Å². The first-order valence-corrected chi connectivity index (χ1v) is 9.48. The molecule has 0 saturated carbocycles. The summed E-state index contributed by atoms with van der Waals surface area (Å²) in [5.41, 5.74) is 8.80. The number of hydrogen-bond donors (Lipinski definition) is 2. The highest BCUT2D eigenvalue weighted by atomic mass is 19.1. The third-order valence-electron chi connectivity index (χ3n) is 5.91. The van der Waals surface area contributed by atoms with Crippen molar-refractivity contribution in [1.82, 2.24) is 14.9 Å². The lowest BCUT2D eigenvalue weighted by atomic mass is 9.75. The van der Waals surface area contributed by atoms with Crippen molar-refractivity contribution in [3.8, 4) is 6.01 Å². The minimum absolute atomic E-state index is 0.187. The highest BCUT2D eigenvalue weighted by Crippen LogP contribution is 2.39. The second-order valence-electron chi connectivity index (χ2n) is 7.51. The Labute approximate surface area is 158 Å². The summed E-state index contributed by atoms with van der Waals surface area (Å²) in [6, 6.07) is 5.89. The molecule has 6 nitrogen and oxygen atoms in total. The van der Waals surface area contributed by atoms with Gasteiger partial charge in [-0.05, 0) is 56.3 Å². The van der Waals surface area contributed by atoms with Gasteiger partial charge in [0.2, 0.25) is 0 Å². The van der Waals surface area contributed by atoms with E-state index >= 15 is 0 Å². The van der Waals surface area contributed by atoms with Crippen LogP contribution < -0.4 is 15.8 Å². The molecule has 0 spiro atoms. The molecule has 3 aliphatic heterocycles. The van der Waals surface area contributed by atoms with E-state index in [1.807, 2.05) is 6.07 Å². The smallest absolute Gasteiger partial charge is 0.318 e. The fraction of sp³-hybridized carbons (Fsp3) is 0.500. The molecule has 27 heavy (non-hydrogen) atoms. The first-order chi connectivity index (χ1) is 13.0. The van der Waals surface area contributed by atoms with Crippen LogP contribution in [-0.4, -0.2) is 41.6 Å². The van der Waals surface area contributed by atoms with E-state index in [9.17, 15) is 4.39 Å². The van der Waals surface area contributed by atoms with Crippen molar-refractivity contribution >= 4 is 11.5 Å². The van der Waals surface area contributed by atoms with Gasteiger partial charge in [0.1, 0.15) is 5.82 Å². The number of aromatic nitrogens is 2. The van der Waals surface area contributed by atoms with Crippen LogP contribution in [0.1, 0.15) is 35.6 Å². The number of ether oxygens (including phenoxy) is 1. The van der Waals surface area contributed by atoms with E-state index in [1.54, 1.807) is 13.0 Å². The van der Waals surface area contributed by atoms with E-state index < -0.39 is 0 Å². The number of nitrogens with zero attached hydrogens (tertiary/aromatic N) is 3. The molecular weight excluding hydrogens is 345 g/mol. The van der Waals surface area contributed by atoms with Crippen LogP contribution in [0.5, 0.6) is 6.01 Å². The minimum atomic E-state index is -0.187. The van der Waals surface area contributed by atoms with Gasteiger partial charge < -0.3 is 20.7 Å². The fourth-order valence-corrected chi connectivity index (χ4v) is 4.24. The van der Waals surface area contributed by atoms with Gasteiger partial charge in [-0.2, -0.15) is 9.97 Å². The number of methoxy groups -OCH3 is 1. The summed E-state index contributed by atoms with van der Waals surface area (Å²) < 4.78 is 19.8. The number of hydrogen-bond acceptors (Lipinski definition) is 6. The maximum atomic E-state index is 14.7. The predicted molar refractivity (Wildman–Crippen MR) is 103 cm³/mol. The summed E-state index contributed by atoms with van der Waals surface area (Å²) in [7, 11) is 1.50. The number of fused-ring (bicyclic) bond motifs is 3. The van der Waals surface area contributed by atoms with E-state index in [0.717, 1.165) is 12.1 Å². The molecule has 3 saturated heterocycles. The summed E-state index contributed by atoms with van der Waals surface area (Å²) in [5, 5.41) is 3.11. The number of anilines is 2. The van der Waals surface area contributed by atoms with Crippen molar-refractivity contribution < 1.29 is 9.13 Å². The normalized spacial score (nSPS) is 24.0.